The van der Waals surface area contributed by atoms with Gasteiger partial charge in [-0.1, -0.05) is 26.0 Å². The monoisotopic (exact) mass is 302 g/mol. The van der Waals surface area contributed by atoms with E-state index in [9.17, 15) is 9.59 Å². The molecule has 1 heterocycles. The molecule has 0 aromatic heterocycles. The van der Waals surface area contributed by atoms with E-state index >= 15 is 0 Å². The Morgan fingerprint density at radius 1 is 1.14 bits per heavy atom. The molecule has 0 bridgehead atoms. The minimum atomic E-state index is 0.0107. The quantitative estimate of drug-likeness (QED) is 0.908. The van der Waals surface area contributed by atoms with Crippen LogP contribution in [-0.4, -0.2) is 29.8 Å². The number of benzene rings is 1. The molecule has 1 N–H and O–H groups in total. The lowest BCUT2D eigenvalue weighted by molar-refractivity contribution is -0.134. The molecule has 1 aromatic rings. The van der Waals surface area contributed by atoms with Gasteiger partial charge in [-0.2, -0.15) is 0 Å². The van der Waals surface area contributed by atoms with Gasteiger partial charge in [0.25, 0.3) is 0 Å². The SMILES string of the molecule is CCCC(=O)N1CCC(C(=O)Nc2ccc(CC)cc2)CC1. The van der Waals surface area contributed by atoms with Crippen LogP contribution in [0.25, 0.3) is 0 Å². The van der Waals surface area contributed by atoms with Crippen molar-refractivity contribution in [3.8, 4) is 0 Å². The molecule has 120 valence electrons. The van der Waals surface area contributed by atoms with Crippen LogP contribution < -0.4 is 5.32 Å². The number of hydrogen-bond donors (Lipinski definition) is 1. The summed E-state index contributed by atoms with van der Waals surface area (Å²) in [5, 5.41) is 2.99. The molecule has 1 aromatic carbocycles. The summed E-state index contributed by atoms with van der Waals surface area (Å²) in [7, 11) is 0. The smallest absolute Gasteiger partial charge is 0.227 e. The van der Waals surface area contributed by atoms with Gasteiger partial charge in [-0.3, -0.25) is 9.59 Å². The fraction of sp³-hybridized carbons (Fsp3) is 0.556. The van der Waals surface area contributed by atoms with E-state index in [2.05, 4.69) is 12.2 Å². The highest BCUT2D eigenvalue weighted by molar-refractivity contribution is 5.92. The lowest BCUT2D eigenvalue weighted by atomic mass is 9.95. The van der Waals surface area contributed by atoms with Crippen molar-refractivity contribution in [1.82, 2.24) is 4.90 Å². The lowest BCUT2D eigenvalue weighted by Gasteiger charge is -2.31. The third-order valence-corrected chi connectivity index (χ3v) is 4.31. The Kier molecular flexibility index (Phi) is 5.99. The first-order valence-corrected chi connectivity index (χ1v) is 8.31. The molecule has 0 saturated carbocycles. The summed E-state index contributed by atoms with van der Waals surface area (Å²) in [6.07, 6.45) is 4.01. The second-order valence-corrected chi connectivity index (χ2v) is 5.94. The molecule has 0 aliphatic carbocycles. The van der Waals surface area contributed by atoms with Crippen LogP contribution >= 0.6 is 0 Å². The molecule has 0 spiro atoms. The molecule has 1 aliphatic rings. The van der Waals surface area contributed by atoms with E-state index in [1.807, 2.05) is 36.1 Å². The number of piperidine rings is 1. The minimum Gasteiger partial charge on any atom is -0.343 e. The zero-order valence-electron chi connectivity index (χ0n) is 13.6. The lowest BCUT2D eigenvalue weighted by Crippen LogP contribution is -2.41. The van der Waals surface area contributed by atoms with Gasteiger partial charge in [0.2, 0.25) is 11.8 Å². The van der Waals surface area contributed by atoms with Crippen LogP contribution in [0.2, 0.25) is 0 Å². The van der Waals surface area contributed by atoms with Crippen molar-refractivity contribution in [1.29, 1.82) is 0 Å². The van der Waals surface area contributed by atoms with Crippen molar-refractivity contribution >= 4 is 17.5 Å². The van der Waals surface area contributed by atoms with Crippen molar-refractivity contribution in [3.63, 3.8) is 0 Å². The van der Waals surface area contributed by atoms with Crippen LogP contribution in [0.4, 0.5) is 5.69 Å². The predicted octanol–water partition coefficient (Wildman–Crippen LogP) is 3.23. The molecule has 0 unspecified atom stereocenters. The standard InChI is InChI=1S/C18H26N2O2/c1-3-5-17(21)20-12-10-15(11-13-20)18(22)19-16-8-6-14(4-2)7-9-16/h6-9,15H,3-5,10-13H2,1-2H3,(H,19,22). The molecule has 0 radical (unpaired) electrons. The van der Waals surface area contributed by atoms with Crippen LogP contribution in [0, 0.1) is 5.92 Å². The van der Waals surface area contributed by atoms with Gasteiger partial charge in [0, 0.05) is 31.1 Å². The number of nitrogens with one attached hydrogen (secondary N) is 1. The number of rotatable bonds is 5. The van der Waals surface area contributed by atoms with E-state index in [0.717, 1.165) is 31.4 Å². The van der Waals surface area contributed by atoms with Crippen molar-refractivity contribution in [2.45, 2.75) is 46.0 Å². The van der Waals surface area contributed by atoms with E-state index in [4.69, 9.17) is 0 Å². The number of carbonyl (C=O) groups is 2. The fourth-order valence-corrected chi connectivity index (χ4v) is 2.83. The minimum absolute atomic E-state index is 0.0107. The highest BCUT2D eigenvalue weighted by Crippen LogP contribution is 2.20. The highest BCUT2D eigenvalue weighted by atomic mass is 16.2. The van der Waals surface area contributed by atoms with Gasteiger partial charge in [-0.15, -0.1) is 0 Å². The van der Waals surface area contributed by atoms with Crippen molar-refractivity contribution < 1.29 is 9.59 Å². The molecule has 22 heavy (non-hydrogen) atoms. The molecule has 2 amide bonds. The number of hydrogen-bond acceptors (Lipinski definition) is 2. The van der Waals surface area contributed by atoms with Crippen LogP contribution in [0.5, 0.6) is 0 Å². The van der Waals surface area contributed by atoms with Gasteiger partial charge in [0.15, 0.2) is 0 Å². The van der Waals surface area contributed by atoms with E-state index in [1.165, 1.54) is 5.56 Å². The van der Waals surface area contributed by atoms with Crippen molar-refractivity contribution in [3.05, 3.63) is 29.8 Å². The number of aryl methyl sites for hydroxylation is 1. The van der Waals surface area contributed by atoms with Crippen LogP contribution in [0.3, 0.4) is 0 Å². The summed E-state index contributed by atoms with van der Waals surface area (Å²) in [5.41, 5.74) is 2.12. The first-order chi connectivity index (χ1) is 10.6. The highest BCUT2D eigenvalue weighted by Gasteiger charge is 2.26. The van der Waals surface area contributed by atoms with E-state index in [0.29, 0.717) is 19.5 Å². The normalized spacial score (nSPS) is 15.6. The molecular formula is C18H26N2O2. The molecule has 0 atom stereocenters. The molecular weight excluding hydrogens is 276 g/mol. The van der Waals surface area contributed by atoms with Crippen LogP contribution in [-0.2, 0) is 16.0 Å². The van der Waals surface area contributed by atoms with Gasteiger partial charge in [-0.05, 0) is 43.4 Å². The Hall–Kier alpha value is -1.84. The average Bonchev–Trinajstić information content (AvgIpc) is 2.56. The van der Waals surface area contributed by atoms with Gasteiger partial charge in [0.1, 0.15) is 0 Å². The molecule has 4 heteroatoms. The van der Waals surface area contributed by atoms with Gasteiger partial charge < -0.3 is 10.2 Å². The zero-order chi connectivity index (χ0) is 15.9. The largest absolute Gasteiger partial charge is 0.343 e. The molecule has 2 rings (SSSR count). The summed E-state index contributed by atoms with van der Waals surface area (Å²) in [6, 6.07) is 8.00. The van der Waals surface area contributed by atoms with Crippen molar-refractivity contribution in [2.24, 2.45) is 5.92 Å². The zero-order valence-corrected chi connectivity index (χ0v) is 13.6. The Morgan fingerprint density at radius 3 is 2.32 bits per heavy atom. The number of amides is 2. The fourth-order valence-electron chi connectivity index (χ4n) is 2.83. The first-order valence-electron chi connectivity index (χ1n) is 8.31. The van der Waals surface area contributed by atoms with Crippen molar-refractivity contribution in [2.75, 3.05) is 18.4 Å². The average molecular weight is 302 g/mol. The summed E-state index contributed by atoms with van der Waals surface area (Å²) in [6.45, 7) is 5.53. The molecule has 1 fully saturated rings. The van der Waals surface area contributed by atoms with E-state index < -0.39 is 0 Å². The third-order valence-electron chi connectivity index (χ3n) is 4.31. The Bertz CT molecular complexity index is 502. The number of anilines is 1. The maximum Gasteiger partial charge on any atom is 0.227 e. The van der Waals surface area contributed by atoms with E-state index in [1.54, 1.807) is 0 Å². The summed E-state index contributed by atoms with van der Waals surface area (Å²) < 4.78 is 0. The first kappa shape index (κ1) is 16.5. The molecule has 4 nitrogen and oxygen atoms in total. The Balaban J connectivity index is 1.83. The predicted molar refractivity (Wildman–Crippen MR) is 88.7 cm³/mol. The second kappa shape index (κ2) is 7.97. The second-order valence-electron chi connectivity index (χ2n) is 5.94. The maximum atomic E-state index is 12.3. The summed E-state index contributed by atoms with van der Waals surface area (Å²) in [5.74, 6) is 0.305. The number of carbonyl (C=O) groups excluding carboxylic acids is 2. The van der Waals surface area contributed by atoms with Crippen LogP contribution in [0.15, 0.2) is 24.3 Å². The van der Waals surface area contributed by atoms with Crippen LogP contribution in [0.1, 0.15) is 45.1 Å². The summed E-state index contributed by atoms with van der Waals surface area (Å²) in [4.78, 5) is 26.1. The van der Waals surface area contributed by atoms with Gasteiger partial charge >= 0.3 is 0 Å². The number of likely N-dealkylation sites (tertiary alicyclic amines) is 1. The third kappa shape index (κ3) is 4.33. The molecule has 1 aliphatic heterocycles. The number of nitrogens with zero attached hydrogens (tertiary/aromatic N) is 1. The Morgan fingerprint density at radius 2 is 1.77 bits per heavy atom. The van der Waals surface area contributed by atoms with Gasteiger partial charge in [0.05, 0.1) is 0 Å². The summed E-state index contributed by atoms with van der Waals surface area (Å²) >= 11 is 0. The topological polar surface area (TPSA) is 49.4 Å². The van der Waals surface area contributed by atoms with E-state index in [-0.39, 0.29) is 17.7 Å². The van der Waals surface area contributed by atoms with Gasteiger partial charge in [-0.25, -0.2) is 0 Å². The molecule has 1 saturated heterocycles. The maximum absolute atomic E-state index is 12.3. The Labute approximate surface area is 132 Å².